The number of aliphatic hydroxyl groups is 1. The molecule has 0 radical (unpaired) electrons. The van der Waals surface area contributed by atoms with E-state index in [2.05, 4.69) is 15.8 Å². The van der Waals surface area contributed by atoms with Gasteiger partial charge in [0.05, 0.1) is 6.10 Å². The number of nitrogens with zero attached hydrogens (tertiary/aromatic N) is 1. The molecule has 0 saturated heterocycles. The minimum atomic E-state index is -0.933. The van der Waals surface area contributed by atoms with Crippen molar-refractivity contribution in [3.05, 3.63) is 59.9 Å². The topological polar surface area (TPSA) is 104 Å². The van der Waals surface area contributed by atoms with Crippen LogP contribution in [-0.2, 0) is 9.59 Å². The van der Waals surface area contributed by atoms with E-state index < -0.39 is 17.9 Å². The first kappa shape index (κ1) is 16.7. The van der Waals surface area contributed by atoms with Crippen molar-refractivity contribution in [1.82, 2.24) is 10.5 Å². The maximum Gasteiger partial charge on any atom is 0.314 e. The number of hydrogen-bond donors (Lipinski definition) is 3. The van der Waals surface area contributed by atoms with E-state index in [4.69, 9.17) is 4.52 Å². The highest BCUT2D eigenvalue weighted by Crippen LogP contribution is 2.23. The number of carbonyl (C=O) groups is 2. The Bertz CT molecular complexity index is 914. The van der Waals surface area contributed by atoms with Gasteiger partial charge in [0.2, 0.25) is 0 Å². The second-order valence-corrected chi connectivity index (χ2v) is 5.57. The van der Waals surface area contributed by atoms with E-state index in [1.54, 1.807) is 13.0 Å². The molecule has 3 aromatic rings. The molecule has 7 heteroatoms. The molecule has 25 heavy (non-hydrogen) atoms. The molecule has 2 amide bonds. The molecule has 0 aliphatic heterocycles. The SMILES string of the molecule is Cc1cc(NC(=O)C(=O)NC[C@@H](O)c2cccc3ccccc23)no1. The van der Waals surface area contributed by atoms with Gasteiger partial charge in [0.25, 0.3) is 0 Å². The smallest absolute Gasteiger partial charge is 0.314 e. The molecular formula is C18H17N3O4. The largest absolute Gasteiger partial charge is 0.387 e. The maximum atomic E-state index is 11.9. The van der Waals surface area contributed by atoms with Crippen LogP contribution in [0, 0.1) is 6.92 Å². The molecule has 0 fully saturated rings. The van der Waals surface area contributed by atoms with Crippen LogP contribution in [0.2, 0.25) is 0 Å². The van der Waals surface area contributed by atoms with Crippen molar-refractivity contribution in [1.29, 1.82) is 0 Å². The van der Waals surface area contributed by atoms with Gasteiger partial charge < -0.3 is 14.9 Å². The first-order valence-electron chi connectivity index (χ1n) is 7.73. The minimum Gasteiger partial charge on any atom is -0.387 e. The molecule has 3 rings (SSSR count). The Morgan fingerprint density at radius 2 is 1.92 bits per heavy atom. The molecule has 7 nitrogen and oxygen atoms in total. The summed E-state index contributed by atoms with van der Waals surface area (Å²) >= 11 is 0. The van der Waals surface area contributed by atoms with Gasteiger partial charge in [-0.2, -0.15) is 0 Å². The number of aromatic nitrogens is 1. The Labute approximate surface area is 143 Å². The Morgan fingerprint density at radius 1 is 1.16 bits per heavy atom. The van der Waals surface area contributed by atoms with E-state index in [1.807, 2.05) is 36.4 Å². The lowest BCUT2D eigenvalue weighted by atomic mass is 10.0. The average Bonchev–Trinajstić information content (AvgIpc) is 3.03. The number of amides is 2. The van der Waals surface area contributed by atoms with Gasteiger partial charge >= 0.3 is 11.8 Å². The first-order chi connectivity index (χ1) is 12.0. The van der Waals surface area contributed by atoms with Gasteiger partial charge in [-0.15, -0.1) is 0 Å². The zero-order chi connectivity index (χ0) is 17.8. The van der Waals surface area contributed by atoms with E-state index in [0.29, 0.717) is 11.3 Å². The monoisotopic (exact) mass is 339 g/mol. The summed E-state index contributed by atoms with van der Waals surface area (Å²) in [4.78, 5) is 23.7. The molecule has 128 valence electrons. The number of rotatable bonds is 4. The van der Waals surface area contributed by atoms with E-state index >= 15 is 0 Å². The number of nitrogens with one attached hydrogen (secondary N) is 2. The number of benzene rings is 2. The van der Waals surface area contributed by atoms with Crippen molar-refractivity contribution >= 4 is 28.4 Å². The predicted molar refractivity (Wildman–Crippen MR) is 91.8 cm³/mol. The molecule has 0 unspecified atom stereocenters. The fourth-order valence-corrected chi connectivity index (χ4v) is 2.52. The van der Waals surface area contributed by atoms with Crippen LogP contribution in [0.4, 0.5) is 5.82 Å². The third-order valence-corrected chi connectivity index (χ3v) is 3.71. The molecule has 0 bridgehead atoms. The molecule has 2 aromatic carbocycles. The first-order valence-corrected chi connectivity index (χ1v) is 7.73. The quantitative estimate of drug-likeness (QED) is 0.630. The number of anilines is 1. The second-order valence-electron chi connectivity index (χ2n) is 5.57. The maximum absolute atomic E-state index is 11.9. The van der Waals surface area contributed by atoms with Crippen LogP contribution in [0.3, 0.4) is 0 Å². The molecule has 1 heterocycles. The zero-order valence-electron chi connectivity index (χ0n) is 13.5. The van der Waals surface area contributed by atoms with Crippen LogP contribution in [0.1, 0.15) is 17.4 Å². The van der Waals surface area contributed by atoms with Crippen molar-refractivity contribution < 1.29 is 19.2 Å². The second kappa shape index (κ2) is 7.14. The fourth-order valence-electron chi connectivity index (χ4n) is 2.52. The van der Waals surface area contributed by atoms with E-state index in [-0.39, 0.29) is 12.4 Å². The number of carbonyl (C=O) groups excluding carboxylic acids is 2. The van der Waals surface area contributed by atoms with Gasteiger partial charge in [0.1, 0.15) is 5.76 Å². The predicted octanol–water partition coefficient (Wildman–Crippen LogP) is 1.92. The van der Waals surface area contributed by atoms with Gasteiger partial charge in [-0.05, 0) is 23.3 Å². The number of fused-ring (bicyclic) bond motifs is 1. The lowest BCUT2D eigenvalue weighted by molar-refractivity contribution is -0.136. The molecular weight excluding hydrogens is 322 g/mol. The molecule has 0 aliphatic carbocycles. The standard InChI is InChI=1S/C18H17N3O4/c1-11-9-16(21-25-11)20-18(24)17(23)19-10-15(22)14-8-4-6-12-5-2-3-7-13(12)14/h2-9,15,22H,10H2,1H3,(H,19,23)(H,20,21,24)/t15-/m1/s1. The van der Waals surface area contributed by atoms with Crippen molar-refractivity contribution in [2.75, 3.05) is 11.9 Å². The minimum absolute atomic E-state index is 0.0852. The Hall–Kier alpha value is -3.19. The number of aryl methyl sites for hydroxylation is 1. The molecule has 1 atom stereocenters. The normalized spacial score (nSPS) is 11.9. The third kappa shape index (κ3) is 3.84. The number of hydrogen-bond acceptors (Lipinski definition) is 5. The van der Waals surface area contributed by atoms with E-state index in [9.17, 15) is 14.7 Å². The van der Waals surface area contributed by atoms with Crippen molar-refractivity contribution in [3.8, 4) is 0 Å². The summed E-state index contributed by atoms with van der Waals surface area (Å²) in [6.07, 6.45) is -0.933. The molecule has 0 spiro atoms. The Morgan fingerprint density at radius 3 is 2.68 bits per heavy atom. The van der Waals surface area contributed by atoms with Crippen LogP contribution in [0.25, 0.3) is 10.8 Å². The summed E-state index contributed by atoms with van der Waals surface area (Å²) in [5.41, 5.74) is 0.686. The van der Waals surface area contributed by atoms with Crippen LogP contribution in [0.15, 0.2) is 53.1 Å². The Balaban J connectivity index is 1.62. The van der Waals surface area contributed by atoms with Crippen molar-refractivity contribution in [2.24, 2.45) is 0 Å². The van der Waals surface area contributed by atoms with Gasteiger partial charge in [-0.25, -0.2) is 0 Å². The van der Waals surface area contributed by atoms with Crippen LogP contribution >= 0.6 is 0 Å². The van der Waals surface area contributed by atoms with Crippen molar-refractivity contribution in [3.63, 3.8) is 0 Å². The molecule has 0 aliphatic rings. The summed E-state index contributed by atoms with van der Waals surface area (Å²) in [5.74, 6) is -1.06. The lowest BCUT2D eigenvalue weighted by Crippen LogP contribution is -2.37. The highest BCUT2D eigenvalue weighted by Gasteiger charge is 2.18. The molecule has 0 saturated carbocycles. The van der Waals surface area contributed by atoms with Gasteiger partial charge in [0, 0.05) is 12.6 Å². The summed E-state index contributed by atoms with van der Waals surface area (Å²) in [5, 5.41) is 20.6. The highest BCUT2D eigenvalue weighted by molar-refractivity contribution is 6.39. The fraction of sp³-hybridized carbons (Fsp3) is 0.167. The van der Waals surface area contributed by atoms with Gasteiger partial charge in [-0.1, -0.05) is 47.6 Å². The summed E-state index contributed by atoms with van der Waals surface area (Å²) in [6, 6.07) is 14.7. The van der Waals surface area contributed by atoms with Gasteiger partial charge in [-0.3, -0.25) is 14.9 Å². The summed E-state index contributed by atoms with van der Waals surface area (Å²) in [6.45, 7) is 1.58. The van der Waals surface area contributed by atoms with Crippen LogP contribution in [-0.4, -0.2) is 28.6 Å². The molecule has 3 N–H and O–H groups in total. The van der Waals surface area contributed by atoms with Crippen LogP contribution < -0.4 is 10.6 Å². The lowest BCUT2D eigenvalue weighted by Gasteiger charge is -2.14. The molecule has 1 aromatic heterocycles. The average molecular weight is 339 g/mol. The van der Waals surface area contributed by atoms with Gasteiger partial charge in [0.15, 0.2) is 5.82 Å². The summed E-state index contributed by atoms with van der Waals surface area (Å²) in [7, 11) is 0. The van der Waals surface area contributed by atoms with E-state index in [1.165, 1.54) is 6.07 Å². The third-order valence-electron chi connectivity index (χ3n) is 3.71. The zero-order valence-corrected chi connectivity index (χ0v) is 13.5. The number of aliphatic hydroxyl groups excluding tert-OH is 1. The van der Waals surface area contributed by atoms with E-state index in [0.717, 1.165) is 10.8 Å². The highest BCUT2D eigenvalue weighted by atomic mass is 16.5. The Kier molecular flexibility index (Phi) is 4.76. The van der Waals surface area contributed by atoms with Crippen LogP contribution in [0.5, 0.6) is 0 Å². The van der Waals surface area contributed by atoms with Crippen molar-refractivity contribution in [2.45, 2.75) is 13.0 Å². The summed E-state index contributed by atoms with van der Waals surface area (Å²) < 4.78 is 4.81.